The molecule has 7 heteroatoms. The first-order chi connectivity index (χ1) is 11.2. The Bertz CT molecular complexity index is 762. The predicted octanol–water partition coefficient (Wildman–Crippen LogP) is 1.75. The molecule has 0 fully saturated rings. The fourth-order valence-corrected chi connectivity index (χ4v) is 2.21. The van der Waals surface area contributed by atoms with Gasteiger partial charge in [0.05, 0.1) is 31.5 Å². The number of rotatable bonds is 6. The van der Waals surface area contributed by atoms with Crippen LogP contribution in [0.25, 0.3) is 0 Å². The first-order valence-corrected chi connectivity index (χ1v) is 7.34. The summed E-state index contributed by atoms with van der Waals surface area (Å²) in [5.41, 5.74) is 2.72. The number of carbonyl (C=O) groups excluding carboxylic acids is 1. The smallest absolute Gasteiger partial charge is 0.341 e. The lowest BCUT2D eigenvalue weighted by Gasteiger charge is -2.05. The quantitative estimate of drug-likeness (QED) is 0.648. The monoisotopic (exact) mass is 311 g/mol. The number of aromatic nitrogens is 5. The summed E-state index contributed by atoms with van der Waals surface area (Å²) >= 11 is 0. The number of nitrogens with zero attached hydrogens (tertiary/aromatic N) is 5. The van der Waals surface area contributed by atoms with Gasteiger partial charge in [0.15, 0.2) is 0 Å². The topological polar surface area (TPSA) is 74.8 Å². The molecule has 0 bridgehead atoms. The molecule has 7 nitrogen and oxygen atoms in total. The van der Waals surface area contributed by atoms with Gasteiger partial charge in [0.25, 0.3) is 0 Å². The molecule has 2 aromatic heterocycles. The van der Waals surface area contributed by atoms with E-state index in [0.717, 1.165) is 11.1 Å². The average Bonchev–Trinajstić information content (AvgIpc) is 3.21. The molecule has 0 aliphatic carbocycles. The maximum absolute atomic E-state index is 11.6. The van der Waals surface area contributed by atoms with Gasteiger partial charge >= 0.3 is 5.97 Å². The van der Waals surface area contributed by atoms with Crippen LogP contribution in [-0.2, 0) is 17.8 Å². The van der Waals surface area contributed by atoms with Crippen LogP contribution in [0.15, 0.2) is 49.3 Å². The second kappa shape index (κ2) is 6.87. The zero-order valence-corrected chi connectivity index (χ0v) is 12.8. The molecule has 0 radical (unpaired) electrons. The van der Waals surface area contributed by atoms with Gasteiger partial charge in [-0.3, -0.25) is 4.68 Å². The lowest BCUT2D eigenvalue weighted by molar-refractivity contribution is 0.0526. The van der Waals surface area contributed by atoms with Crippen molar-refractivity contribution in [1.29, 1.82) is 0 Å². The highest BCUT2D eigenvalue weighted by Gasteiger charge is 2.09. The van der Waals surface area contributed by atoms with Gasteiger partial charge in [0.1, 0.15) is 12.7 Å². The van der Waals surface area contributed by atoms with E-state index in [1.807, 2.05) is 24.3 Å². The van der Waals surface area contributed by atoms with Crippen LogP contribution in [-0.4, -0.2) is 37.1 Å². The van der Waals surface area contributed by atoms with Gasteiger partial charge in [0.2, 0.25) is 0 Å². The van der Waals surface area contributed by atoms with E-state index in [2.05, 4.69) is 15.2 Å². The number of ether oxygens (including phenoxy) is 1. The van der Waals surface area contributed by atoms with E-state index < -0.39 is 0 Å². The Morgan fingerprint density at radius 2 is 1.78 bits per heavy atom. The van der Waals surface area contributed by atoms with E-state index in [-0.39, 0.29) is 5.97 Å². The van der Waals surface area contributed by atoms with Crippen LogP contribution in [0.1, 0.15) is 28.4 Å². The van der Waals surface area contributed by atoms with Crippen LogP contribution in [0.2, 0.25) is 0 Å². The van der Waals surface area contributed by atoms with Crippen molar-refractivity contribution in [2.24, 2.45) is 0 Å². The Hall–Kier alpha value is -2.96. The summed E-state index contributed by atoms with van der Waals surface area (Å²) in [4.78, 5) is 15.5. The van der Waals surface area contributed by atoms with Crippen molar-refractivity contribution in [2.75, 3.05) is 6.61 Å². The molecule has 0 amide bonds. The van der Waals surface area contributed by atoms with Gasteiger partial charge in [-0.1, -0.05) is 24.3 Å². The first-order valence-electron chi connectivity index (χ1n) is 7.34. The van der Waals surface area contributed by atoms with Crippen LogP contribution in [0, 0.1) is 0 Å². The highest BCUT2D eigenvalue weighted by atomic mass is 16.5. The third-order valence-electron chi connectivity index (χ3n) is 3.32. The Morgan fingerprint density at radius 1 is 1.09 bits per heavy atom. The van der Waals surface area contributed by atoms with Gasteiger partial charge in [-0.2, -0.15) is 10.2 Å². The molecule has 0 atom stereocenters. The molecule has 0 saturated heterocycles. The molecule has 0 aliphatic heterocycles. The molecule has 118 valence electrons. The molecule has 3 aromatic rings. The maximum Gasteiger partial charge on any atom is 0.341 e. The zero-order chi connectivity index (χ0) is 16.1. The normalized spacial score (nSPS) is 10.7. The highest BCUT2D eigenvalue weighted by Crippen LogP contribution is 2.09. The van der Waals surface area contributed by atoms with Crippen molar-refractivity contribution >= 4 is 5.97 Å². The molecule has 0 saturated carbocycles. The molecule has 3 rings (SSSR count). The SMILES string of the molecule is CCOC(=O)c1cnn(Cc2ccc(Cn3cncn3)cc2)c1. The molecule has 23 heavy (non-hydrogen) atoms. The largest absolute Gasteiger partial charge is 0.462 e. The van der Waals surface area contributed by atoms with Crippen molar-refractivity contribution in [1.82, 2.24) is 24.5 Å². The Morgan fingerprint density at radius 3 is 2.39 bits per heavy atom. The van der Waals surface area contributed by atoms with Crippen molar-refractivity contribution in [3.63, 3.8) is 0 Å². The molecule has 0 N–H and O–H groups in total. The number of hydrogen-bond donors (Lipinski definition) is 0. The van der Waals surface area contributed by atoms with Crippen molar-refractivity contribution in [3.8, 4) is 0 Å². The lowest BCUT2D eigenvalue weighted by atomic mass is 10.1. The molecule has 0 unspecified atom stereocenters. The molecule has 0 spiro atoms. The summed E-state index contributed by atoms with van der Waals surface area (Å²) in [6, 6.07) is 8.18. The standard InChI is InChI=1S/C16H17N5O2/c1-2-23-16(22)15-7-18-20(10-15)8-13-3-5-14(6-4-13)9-21-12-17-11-19-21/h3-7,10-12H,2,8-9H2,1H3. The Balaban J connectivity index is 1.63. The summed E-state index contributed by atoms with van der Waals surface area (Å²) in [6.45, 7) is 3.43. The third kappa shape index (κ3) is 3.82. The second-order valence-corrected chi connectivity index (χ2v) is 5.06. The van der Waals surface area contributed by atoms with Crippen molar-refractivity contribution in [2.45, 2.75) is 20.0 Å². The summed E-state index contributed by atoms with van der Waals surface area (Å²) in [7, 11) is 0. The predicted molar refractivity (Wildman–Crippen MR) is 82.9 cm³/mol. The zero-order valence-electron chi connectivity index (χ0n) is 12.8. The van der Waals surface area contributed by atoms with Crippen molar-refractivity contribution < 1.29 is 9.53 Å². The number of hydrogen-bond acceptors (Lipinski definition) is 5. The van der Waals surface area contributed by atoms with E-state index in [4.69, 9.17) is 4.74 Å². The van der Waals surface area contributed by atoms with Gasteiger partial charge in [0, 0.05) is 6.20 Å². The summed E-state index contributed by atoms with van der Waals surface area (Å²) in [5.74, 6) is -0.345. The highest BCUT2D eigenvalue weighted by molar-refractivity contribution is 5.88. The van der Waals surface area contributed by atoms with E-state index in [1.54, 1.807) is 28.8 Å². The molecule has 0 aliphatic rings. The van der Waals surface area contributed by atoms with E-state index in [0.29, 0.717) is 25.3 Å². The minimum absolute atomic E-state index is 0.345. The minimum Gasteiger partial charge on any atom is -0.462 e. The Labute approximate surface area is 133 Å². The van der Waals surface area contributed by atoms with Crippen LogP contribution in [0.3, 0.4) is 0 Å². The van der Waals surface area contributed by atoms with E-state index >= 15 is 0 Å². The van der Waals surface area contributed by atoms with Gasteiger partial charge in [-0.25, -0.2) is 14.5 Å². The third-order valence-corrected chi connectivity index (χ3v) is 3.32. The minimum atomic E-state index is -0.345. The summed E-state index contributed by atoms with van der Waals surface area (Å²) in [5, 5.41) is 8.28. The fraction of sp³-hybridized carbons (Fsp3) is 0.250. The Kier molecular flexibility index (Phi) is 4.46. The average molecular weight is 311 g/mol. The number of carbonyl (C=O) groups is 1. The number of benzene rings is 1. The number of esters is 1. The first kappa shape index (κ1) is 15.0. The van der Waals surface area contributed by atoms with Gasteiger partial charge in [-0.15, -0.1) is 0 Å². The van der Waals surface area contributed by atoms with Crippen LogP contribution in [0.5, 0.6) is 0 Å². The van der Waals surface area contributed by atoms with E-state index in [9.17, 15) is 4.79 Å². The second-order valence-electron chi connectivity index (χ2n) is 5.06. The van der Waals surface area contributed by atoms with Crippen molar-refractivity contribution in [3.05, 3.63) is 66.0 Å². The van der Waals surface area contributed by atoms with Crippen LogP contribution >= 0.6 is 0 Å². The van der Waals surface area contributed by atoms with E-state index in [1.165, 1.54) is 12.5 Å². The molecule has 1 aromatic carbocycles. The molecule has 2 heterocycles. The van der Waals surface area contributed by atoms with Gasteiger partial charge < -0.3 is 4.74 Å². The van der Waals surface area contributed by atoms with Crippen LogP contribution in [0.4, 0.5) is 0 Å². The maximum atomic E-state index is 11.6. The molecular weight excluding hydrogens is 294 g/mol. The summed E-state index contributed by atoms with van der Waals surface area (Å²) < 4.78 is 8.44. The summed E-state index contributed by atoms with van der Waals surface area (Å²) in [6.07, 6.45) is 6.43. The lowest BCUT2D eigenvalue weighted by Crippen LogP contribution is -2.04. The van der Waals surface area contributed by atoms with Gasteiger partial charge in [-0.05, 0) is 18.1 Å². The van der Waals surface area contributed by atoms with Crippen LogP contribution < -0.4 is 0 Å². The molecular formula is C16H17N5O2. The fourth-order valence-electron chi connectivity index (χ4n) is 2.21.